The van der Waals surface area contributed by atoms with Crippen LogP contribution in [-0.4, -0.2) is 73.1 Å². The number of aliphatic hydroxyl groups is 1. The van der Waals surface area contributed by atoms with Gasteiger partial charge in [0.2, 0.25) is 0 Å². The number of carbonyl (C=O) groups is 1. The van der Waals surface area contributed by atoms with E-state index in [0.717, 1.165) is 17.7 Å². The molecule has 1 aliphatic heterocycles. The normalized spacial score (nSPS) is 18.6. The minimum Gasteiger partial charge on any atom is -0.488 e. The number of hydrogen-bond acceptors (Lipinski definition) is 7. The number of halogens is 1. The van der Waals surface area contributed by atoms with E-state index >= 15 is 0 Å². The molecule has 2 heterocycles. The van der Waals surface area contributed by atoms with Crippen molar-refractivity contribution in [3.05, 3.63) is 83.9 Å². The molecule has 0 fully saturated rings. The maximum Gasteiger partial charge on any atom is 0.261 e. The second-order valence-corrected chi connectivity index (χ2v) is 11.6. The second kappa shape index (κ2) is 12.1. The smallest absolute Gasteiger partial charge is 0.261 e. The van der Waals surface area contributed by atoms with Gasteiger partial charge in [-0.05, 0) is 74.1 Å². The Labute approximate surface area is 228 Å². The summed E-state index contributed by atoms with van der Waals surface area (Å²) in [6.45, 7) is 5.14. The highest BCUT2D eigenvalue weighted by Crippen LogP contribution is 2.31. The molecule has 2 N–H and O–H groups in total. The van der Waals surface area contributed by atoms with E-state index in [1.165, 1.54) is 24.3 Å². The second-order valence-electron chi connectivity index (χ2n) is 9.95. The van der Waals surface area contributed by atoms with E-state index in [0.29, 0.717) is 25.4 Å². The van der Waals surface area contributed by atoms with E-state index in [1.807, 2.05) is 26.1 Å². The van der Waals surface area contributed by atoms with Gasteiger partial charge in [0, 0.05) is 43.6 Å². The summed E-state index contributed by atoms with van der Waals surface area (Å²) in [5.41, 5.74) is 1.45. The van der Waals surface area contributed by atoms with Crippen LogP contribution >= 0.6 is 0 Å². The minimum absolute atomic E-state index is 0.0624. The lowest BCUT2D eigenvalue weighted by molar-refractivity contribution is 0.0341. The summed E-state index contributed by atoms with van der Waals surface area (Å²) in [6, 6.07) is 12.4. The molecular weight excluding hydrogens is 523 g/mol. The van der Waals surface area contributed by atoms with Gasteiger partial charge in [0.1, 0.15) is 17.7 Å². The predicted molar refractivity (Wildman–Crippen MR) is 145 cm³/mol. The van der Waals surface area contributed by atoms with Crippen LogP contribution in [0.1, 0.15) is 29.8 Å². The number of amides is 1. The van der Waals surface area contributed by atoms with Gasteiger partial charge in [-0.25, -0.2) is 12.8 Å². The van der Waals surface area contributed by atoms with Crippen LogP contribution in [0.3, 0.4) is 0 Å². The number of anilines is 1. The highest BCUT2D eigenvalue weighted by atomic mass is 32.2. The molecule has 0 aliphatic carbocycles. The zero-order valence-corrected chi connectivity index (χ0v) is 22.9. The van der Waals surface area contributed by atoms with Crippen LogP contribution in [0.4, 0.5) is 10.1 Å². The van der Waals surface area contributed by atoms with Gasteiger partial charge in [0.05, 0.1) is 23.1 Å². The number of rotatable bonds is 9. The molecule has 1 aliphatic rings. The standard InChI is InChI=1S/C28H33FN4O5S/c1-19-15-33(20(2)18-34)28(35)25-14-23(31-39(36,37)24-7-4-22(29)5-8-24)6-9-26(25)38-27(19)17-32(3)16-21-10-12-30-13-11-21/h4-14,19-20,27,31,34H,15-18H2,1-3H3/t19-,20-,27-/m0/s1. The summed E-state index contributed by atoms with van der Waals surface area (Å²) < 4.78 is 47.9. The first-order valence-corrected chi connectivity index (χ1v) is 14.1. The fourth-order valence-electron chi connectivity index (χ4n) is 4.50. The molecule has 0 unspecified atom stereocenters. The quantitative estimate of drug-likeness (QED) is 0.416. The van der Waals surface area contributed by atoms with Gasteiger partial charge in [-0.1, -0.05) is 6.92 Å². The number of fused-ring (bicyclic) bond motifs is 1. The van der Waals surface area contributed by atoms with Crippen molar-refractivity contribution < 1.29 is 27.4 Å². The van der Waals surface area contributed by atoms with Crippen molar-refractivity contribution in [3.8, 4) is 5.75 Å². The van der Waals surface area contributed by atoms with Crippen molar-refractivity contribution in [2.24, 2.45) is 5.92 Å². The Hall–Kier alpha value is -3.54. The first-order valence-electron chi connectivity index (χ1n) is 12.7. The van der Waals surface area contributed by atoms with Gasteiger partial charge < -0.3 is 14.7 Å². The molecule has 0 radical (unpaired) electrons. The lowest BCUT2D eigenvalue weighted by Gasteiger charge is -2.38. The molecule has 0 saturated heterocycles. The third kappa shape index (κ3) is 6.92. The Morgan fingerprint density at radius 3 is 2.54 bits per heavy atom. The number of sulfonamides is 1. The van der Waals surface area contributed by atoms with Gasteiger partial charge in [0.15, 0.2) is 0 Å². The van der Waals surface area contributed by atoms with Crippen LogP contribution in [0.15, 0.2) is 71.9 Å². The zero-order chi connectivity index (χ0) is 28.2. The first kappa shape index (κ1) is 28.5. The Kier molecular flexibility index (Phi) is 8.83. The van der Waals surface area contributed by atoms with Gasteiger partial charge >= 0.3 is 0 Å². The fraction of sp³-hybridized carbons (Fsp3) is 0.357. The molecular formula is C28H33FN4O5S. The third-order valence-corrected chi connectivity index (χ3v) is 8.13. The molecule has 3 aromatic rings. The van der Waals surface area contributed by atoms with E-state index in [4.69, 9.17) is 4.74 Å². The van der Waals surface area contributed by atoms with Crippen molar-refractivity contribution in [1.82, 2.24) is 14.8 Å². The summed E-state index contributed by atoms with van der Waals surface area (Å²) in [6.07, 6.45) is 3.20. The Morgan fingerprint density at radius 2 is 1.87 bits per heavy atom. The molecule has 4 rings (SSSR count). The SMILES string of the molecule is C[C@H]1CN([C@@H](C)CO)C(=O)c2cc(NS(=O)(=O)c3ccc(F)cc3)ccc2O[C@H]1CN(C)Cc1ccncc1. The summed E-state index contributed by atoms with van der Waals surface area (Å²) in [7, 11) is -2.03. The molecule has 3 atom stereocenters. The van der Waals surface area contributed by atoms with E-state index in [1.54, 1.807) is 30.3 Å². The lowest BCUT2D eigenvalue weighted by atomic mass is 9.99. The van der Waals surface area contributed by atoms with Crippen LogP contribution in [0.5, 0.6) is 5.75 Å². The molecule has 0 spiro atoms. The molecule has 0 saturated carbocycles. The summed E-state index contributed by atoms with van der Waals surface area (Å²) in [5.74, 6) is -0.655. The average molecular weight is 557 g/mol. The van der Waals surface area contributed by atoms with Crippen LogP contribution in [0.25, 0.3) is 0 Å². The van der Waals surface area contributed by atoms with Crippen molar-refractivity contribution >= 4 is 21.6 Å². The van der Waals surface area contributed by atoms with Crippen LogP contribution in [-0.2, 0) is 16.6 Å². The van der Waals surface area contributed by atoms with Crippen molar-refractivity contribution in [2.45, 2.75) is 37.4 Å². The zero-order valence-electron chi connectivity index (χ0n) is 22.1. The minimum atomic E-state index is -4.02. The highest BCUT2D eigenvalue weighted by molar-refractivity contribution is 7.92. The van der Waals surface area contributed by atoms with E-state index < -0.39 is 21.9 Å². The number of benzene rings is 2. The van der Waals surface area contributed by atoms with Crippen molar-refractivity contribution in [1.29, 1.82) is 0 Å². The van der Waals surface area contributed by atoms with Gasteiger partial charge in [-0.2, -0.15) is 0 Å². The molecule has 208 valence electrons. The Bertz CT molecular complexity index is 1390. The summed E-state index contributed by atoms with van der Waals surface area (Å²) in [5, 5.41) is 9.87. The number of carbonyl (C=O) groups excluding carboxylic acids is 1. The van der Waals surface area contributed by atoms with Crippen LogP contribution < -0.4 is 9.46 Å². The molecule has 1 amide bonds. The number of likely N-dealkylation sites (N-methyl/N-ethyl adjacent to an activating group) is 1. The molecule has 39 heavy (non-hydrogen) atoms. The topological polar surface area (TPSA) is 112 Å². The highest BCUT2D eigenvalue weighted by Gasteiger charge is 2.33. The fourth-order valence-corrected chi connectivity index (χ4v) is 5.55. The van der Waals surface area contributed by atoms with E-state index in [2.05, 4.69) is 14.6 Å². The lowest BCUT2D eigenvalue weighted by Crippen LogP contribution is -2.49. The summed E-state index contributed by atoms with van der Waals surface area (Å²) in [4.78, 5) is 21.3. The Morgan fingerprint density at radius 1 is 1.18 bits per heavy atom. The van der Waals surface area contributed by atoms with Gasteiger partial charge in [0.25, 0.3) is 15.9 Å². The largest absolute Gasteiger partial charge is 0.488 e. The van der Waals surface area contributed by atoms with Crippen LogP contribution in [0.2, 0.25) is 0 Å². The Balaban J connectivity index is 1.63. The number of ether oxygens (including phenoxy) is 1. The van der Waals surface area contributed by atoms with Crippen molar-refractivity contribution in [3.63, 3.8) is 0 Å². The van der Waals surface area contributed by atoms with Gasteiger partial charge in [-0.15, -0.1) is 0 Å². The number of aromatic nitrogens is 1. The first-order chi connectivity index (χ1) is 18.6. The number of nitrogens with one attached hydrogen (secondary N) is 1. The number of aliphatic hydroxyl groups excluding tert-OH is 1. The van der Waals surface area contributed by atoms with Crippen LogP contribution in [0, 0.1) is 11.7 Å². The van der Waals surface area contributed by atoms with E-state index in [-0.39, 0.29) is 40.7 Å². The maximum atomic E-state index is 13.6. The maximum absolute atomic E-state index is 13.6. The average Bonchev–Trinajstić information content (AvgIpc) is 2.91. The van der Waals surface area contributed by atoms with Crippen molar-refractivity contribution in [2.75, 3.05) is 31.5 Å². The number of pyridine rings is 1. The molecule has 11 heteroatoms. The van der Waals surface area contributed by atoms with Gasteiger partial charge in [-0.3, -0.25) is 19.4 Å². The molecule has 0 bridgehead atoms. The number of nitrogens with zero attached hydrogens (tertiary/aromatic N) is 3. The van der Waals surface area contributed by atoms with E-state index in [9.17, 15) is 22.7 Å². The third-order valence-electron chi connectivity index (χ3n) is 6.73. The predicted octanol–water partition coefficient (Wildman–Crippen LogP) is 3.37. The number of hydrogen-bond donors (Lipinski definition) is 2. The monoisotopic (exact) mass is 556 g/mol. The molecule has 9 nitrogen and oxygen atoms in total. The summed E-state index contributed by atoms with van der Waals surface area (Å²) >= 11 is 0. The molecule has 1 aromatic heterocycles. The molecule has 2 aromatic carbocycles.